The van der Waals surface area contributed by atoms with Crippen LogP contribution in [0.1, 0.15) is 19.3 Å². The van der Waals surface area contributed by atoms with Crippen molar-refractivity contribution in [2.75, 3.05) is 10.2 Å². The van der Waals surface area contributed by atoms with Crippen molar-refractivity contribution in [1.82, 2.24) is 0 Å². The Morgan fingerprint density at radius 2 is 1.76 bits per heavy atom. The van der Waals surface area contributed by atoms with Gasteiger partial charge in [0.25, 0.3) is 0 Å². The second-order valence-corrected chi connectivity index (χ2v) is 9.35. The van der Waals surface area contributed by atoms with Gasteiger partial charge in [-0.25, -0.2) is 0 Å². The van der Waals surface area contributed by atoms with Crippen LogP contribution in [0, 0.1) is 5.92 Å². The monoisotopic (exact) mass is 438 g/mol. The summed E-state index contributed by atoms with van der Waals surface area (Å²) in [6, 6.07) is 24.3. The Hall–Kier alpha value is -4.04. The first-order valence-corrected chi connectivity index (χ1v) is 12.2. The van der Waals surface area contributed by atoms with Gasteiger partial charge in [0.2, 0.25) is 0 Å². The standard InChI is InChI=1S/C32H26N2/c1-2-13-24(14-3-1)34(31-18-8-10-22-9-4-5-15-26(22)31)25-19-20-27-28-16-6-11-23-12-7-17-29(32(23)28)33-30(27)21-25/h1-6,8-9,11-16,18-22,33H,7,10,17H2. The van der Waals surface area contributed by atoms with Gasteiger partial charge in [-0.3, -0.25) is 0 Å². The van der Waals surface area contributed by atoms with E-state index in [1.54, 1.807) is 0 Å². The highest BCUT2D eigenvalue weighted by atomic mass is 15.2. The third kappa shape index (κ3) is 3.03. The molecule has 0 amide bonds. The molecule has 0 saturated carbocycles. The van der Waals surface area contributed by atoms with Crippen LogP contribution >= 0.6 is 0 Å². The molecule has 1 heterocycles. The first kappa shape index (κ1) is 19.4. The lowest BCUT2D eigenvalue weighted by Crippen LogP contribution is -2.35. The fourth-order valence-corrected chi connectivity index (χ4v) is 5.79. The largest absolute Gasteiger partial charge is 0.358 e. The molecule has 3 aliphatic carbocycles. The molecule has 1 aliphatic heterocycles. The highest BCUT2D eigenvalue weighted by Crippen LogP contribution is 2.41. The number of fused-ring (bicyclic) bond motifs is 3. The first-order valence-electron chi connectivity index (χ1n) is 12.2. The lowest BCUT2D eigenvalue weighted by atomic mass is 9.86. The summed E-state index contributed by atoms with van der Waals surface area (Å²) in [6.07, 6.45) is 19.1. The summed E-state index contributed by atoms with van der Waals surface area (Å²) >= 11 is 0. The highest BCUT2D eigenvalue weighted by Gasteiger charge is 2.25. The molecule has 0 aromatic heterocycles. The lowest BCUT2D eigenvalue weighted by Gasteiger charge is -2.33. The van der Waals surface area contributed by atoms with Crippen LogP contribution in [0.3, 0.4) is 0 Å². The molecule has 7 rings (SSSR count). The summed E-state index contributed by atoms with van der Waals surface area (Å²) in [5.41, 5.74) is 10.2. The van der Waals surface area contributed by atoms with Crippen molar-refractivity contribution in [3.8, 4) is 11.1 Å². The number of allylic oxidation sites excluding steroid dienone is 7. The number of hydrogen-bond acceptors (Lipinski definition) is 2. The van der Waals surface area contributed by atoms with E-state index in [4.69, 9.17) is 0 Å². The van der Waals surface area contributed by atoms with Crippen molar-refractivity contribution in [1.29, 1.82) is 0 Å². The third-order valence-corrected chi connectivity index (χ3v) is 7.34. The Bertz CT molecular complexity index is 1550. The van der Waals surface area contributed by atoms with Gasteiger partial charge in [0.15, 0.2) is 0 Å². The van der Waals surface area contributed by atoms with Crippen molar-refractivity contribution < 1.29 is 0 Å². The van der Waals surface area contributed by atoms with Crippen LogP contribution in [0.5, 0.6) is 0 Å². The van der Waals surface area contributed by atoms with Crippen molar-refractivity contribution in [2.45, 2.75) is 19.3 Å². The fourth-order valence-electron chi connectivity index (χ4n) is 5.79. The van der Waals surface area contributed by atoms with Crippen LogP contribution in [-0.4, -0.2) is 0 Å². The molecule has 1 unspecified atom stereocenters. The average Bonchev–Trinajstić information content (AvgIpc) is 2.90. The summed E-state index contributed by atoms with van der Waals surface area (Å²) < 4.78 is 0. The molecule has 1 N–H and O–H groups in total. The smallest absolute Gasteiger partial charge is 0.0496 e. The maximum absolute atomic E-state index is 3.81. The summed E-state index contributed by atoms with van der Waals surface area (Å²) in [7, 11) is 0. The van der Waals surface area contributed by atoms with Crippen LogP contribution in [0.25, 0.3) is 22.9 Å². The minimum absolute atomic E-state index is 0.436. The van der Waals surface area contributed by atoms with E-state index in [2.05, 4.69) is 119 Å². The molecule has 34 heavy (non-hydrogen) atoms. The zero-order valence-electron chi connectivity index (χ0n) is 19.0. The molecular weight excluding hydrogens is 412 g/mol. The summed E-state index contributed by atoms with van der Waals surface area (Å²) in [5, 5.41) is 6.55. The Morgan fingerprint density at radius 3 is 2.71 bits per heavy atom. The number of anilines is 3. The van der Waals surface area contributed by atoms with Gasteiger partial charge >= 0.3 is 0 Å². The van der Waals surface area contributed by atoms with E-state index in [0.717, 1.165) is 19.3 Å². The Morgan fingerprint density at radius 1 is 0.824 bits per heavy atom. The lowest BCUT2D eigenvalue weighted by molar-refractivity contribution is 0.763. The van der Waals surface area contributed by atoms with Gasteiger partial charge in [0, 0.05) is 45.2 Å². The van der Waals surface area contributed by atoms with Crippen molar-refractivity contribution in [3.05, 3.63) is 125 Å². The van der Waals surface area contributed by atoms with Crippen LogP contribution in [0.2, 0.25) is 0 Å². The van der Waals surface area contributed by atoms with Crippen LogP contribution in [-0.2, 0) is 0 Å². The number of benzene rings is 3. The summed E-state index contributed by atoms with van der Waals surface area (Å²) in [5.74, 6) is 0.436. The normalized spacial score (nSPS) is 19.1. The Labute approximate surface area is 200 Å². The van der Waals surface area contributed by atoms with Gasteiger partial charge in [0.05, 0.1) is 0 Å². The molecule has 2 nitrogen and oxygen atoms in total. The second-order valence-electron chi connectivity index (χ2n) is 9.35. The molecule has 3 aromatic rings. The van der Waals surface area contributed by atoms with Crippen molar-refractivity contribution in [2.24, 2.45) is 5.92 Å². The van der Waals surface area contributed by atoms with Gasteiger partial charge in [-0.2, -0.15) is 0 Å². The zero-order chi connectivity index (χ0) is 22.5. The minimum atomic E-state index is 0.436. The van der Waals surface area contributed by atoms with Gasteiger partial charge < -0.3 is 10.2 Å². The number of rotatable bonds is 3. The SMILES string of the molecule is C1=CC2=C(N(c3ccccc3)c3ccc4c(c3)NC3=c5c-4cccc5=CCC3)C=CCC2C=C1. The highest BCUT2D eigenvalue weighted by molar-refractivity contribution is 5.91. The van der Waals surface area contributed by atoms with Crippen LogP contribution in [0.15, 0.2) is 114 Å². The Balaban J connectivity index is 1.41. The number of hydrogen-bond donors (Lipinski definition) is 1. The molecule has 0 bridgehead atoms. The number of nitrogens with one attached hydrogen (secondary N) is 1. The third-order valence-electron chi connectivity index (χ3n) is 7.34. The molecule has 2 heteroatoms. The summed E-state index contributed by atoms with van der Waals surface area (Å²) in [4.78, 5) is 2.41. The van der Waals surface area contributed by atoms with Gasteiger partial charge in [0.1, 0.15) is 0 Å². The van der Waals surface area contributed by atoms with Crippen molar-refractivity contribution in [3.63, 3.8) is 0 Å². The molecule has 1 atom stereocenters. The van der Waals surface area contributed by atoms with E-state index in [1.165, 1.54) is 55.6 Å². The maximum Gasteiger partial charge on any atom is 0.0496 e. The van der Waals surface area contributed by atoms with Crippen LogP contribution in [0.4, 0.5) is 17.1 Å². The fraction of sp³-hybridized carbons (Fsp3) is 0.125. The second kappa shape index (κ2) is 7.78. The van der Waals surface area contributed by atoms with Gasteiger partial charge in [-0.05, 0) is 66.0 Å². The van der Waals surface area contributed by atoms with E-state index in [-0.39, 0.29) is 0 Å². The molecule has 164 valence electrons. The predicted molar refractivity (Wildman–Crippen MR) is 143 cm³/mol. The zero-order valence-corrected chi connectivity index (χ0v) is 19.0. The predicted octanol–water partition coefficient (Wildman–Crippen LogP) is 6.56. The molecule has 3 aromatic carbocycles. The first-order chi connectivity index (χ1) is 16.9. The topological polar surface area (TPSA) is 15.3 Å². The average molecular weight is 439 g/mol. The summed E-state index contributed by atoms with van der Waals surface area (Å²) in [6.45, 7) is 0. The van der Waals surface area contributed by atoms with E-state index in [1.807, 2.05) is 0 Å². The minimum Gasteiger partial charge on any atom is -0.358 e. The Kier molecular flexibility index (Phi) is 4.44. The number of para-hydroxylation sites is 1. The molecule has 4 aliphatic rings. The maximum atomic E-state index is 3.81. The van der Waals surface area contributed by atoms with Gasteiger partial charge in [-0.1, -0.05) is 78.9 Å². The quantitative estimate of drug-likeness (QED) is 0.498. The molecule has 0 saturated heterocycles. The van der Waals surface area contributed by atoms with Crippen molar-refractivity contribution >= 4 is 28.8 Å². The molecule has 0 spiro atoms. The van der Waals surface area contributed by atoms with Gasteiger partial charge in [-0.15, -0.1) is 0 Å². The molecule has 0 fully saturated rings. The van der Waals surface area contributed by atoms with E-state index >= 15 is 0 Å². The van der Waals surface area contributed by atoms with Crippen LogP contribution < -0.4 is 20.7 Å². The van der Waals surface area contributed by atoms with E-state index in [0.29, 0.717) is 5.92 Å². The van der Waals surface area contributed by atoms with E-state index < -0.39 is 0 Å². The molecule has 0 radical (unpaired) electrons. The molecular formula is C32H26N2. The van der Waals surface area contributed by atoms with E-state index in [9.17, 15) is 0 Å². The number of nitrogens with zero attached hydrogens (tertiary/aromatic N) is 1.